The van der Waals surface area contributed by atoms with Crippen LogP contribution in [0.3, 0.4) is 0 Å². The van der Waals surface area contributed by atoms with Gasteiger partial charge in [0.25, 0.3) is 0 Å². The monoisotopic (exact) mass is 152 g/mol. The molecule has 0 atom stereocenters. The summed E-state index contributed by atoms with van der Waals surface area (Å²) in [5.41, 5.74) is 1.33. The van der Waals surface area contributed by atoms with Crippen LogP contribution in [-0.2, 0) is 0 Å². The highest BCUT2D eigenvalue weighted by Crippen LogP contribution is 2.16. The van der Waals surface area contributed by atoms with Gasteiger partial charge in [0.15, 0.2) is 0 Å². The van der Waals surface area contributed by atoms with Gasteiger partial charge >= 0.3 is 0 Å². The van der Waals surface area contributed by atoms with Crippen molar-refractivity contribution < 1.29 is 0 Å². The third-order valence-electron chi connectivity index (χ3n) is 1.98. The van der Waals surface area contributed by atoms with Crippen LogP contribution in [0, 0.1) is 0 Å². The SMILES string of the molecule is C/C=C1\CN=C(C)N1C(C)C. The third kappa shape index (κ3) is 1.44. The van der Waals surface area contributed by atoms with Crippen LogP contribution in [0.4, 0.5) is 0 Å². The van der Waals surface area contributed by atoms with Crippen molar-refractivity contribution in [3.63, 3.8) is 0 Å². The van der Waals surface area contributed by atoms with Gasteiger partial charge < -0.3 is 4.90 Å². The fourth-order valence-electron chi connectivity index (χ4n) is 1.49. The Kier molecular flexibility index (Phi) is 2.32. The lowest BCUT2D eigenvalue weighted by Gasteiger charge is -2.24. The molecular weight excluding hydrogens is 136 g/mol. The summed E-state index contributed by atoms with van der Waals surface area (Å²) < 4.78 is 0. The summed E-state index contributed by atoms with van der Waals surface area (Å²) in [7, 11) is 0. The van der Waals surface area contributed by atoms with E-state index in [0.717, 1.165) is 12.4 Å². The van der Waals surface area contributed by atoms with Gasteiger partial charge in [-0.2, -0.15) is 0 Å². The highest BCUT2D eigenvalue weighted by molar-refractivity contribution is 5.84. The van der Waals surface area contributed by atoms with Gasteiger partial charge in [-0.25, -0.2) is 0 Å². The van der Waals surface area contributed by atoms with E-state index in [0.29, 0.717) is 6.04 Å². The van der Waals surface area contributed by atoms with Crippen molar-refractivity contribution in [2.45, 2.75) is 33.7 Å². The van der Waals surface area contributed by atoms with Crippen molar-refractivity contribution in [1.29, 1.82) is 0 Å². The molecule has 1 rings (SSSR count). The normalized spacial score (nSPS) is 21.7. The van der Waals surface area contributed by atoms with Gasteiger partial charge in [-0.15, -0.1) is 0 Å². The first kappa shape index (κ1) is 8.31. The van der Waals surface area contributed by atoms with Crippen molar-refractivity contribution in [3.8, 4) is 0 Å². The quantitative estimate of drug-likeness (QED) is 0.561. The number of aliphatic imine (C=N–C) groups is 1. The van der Waals surface area contributed by atoms with Crippen LogP contribution in [0.1, 0.15) is 27.7 Å². The second kappa shape index (κ2) is 3.07. The Balaban J connectivity index is 2.81. The molecule has 0 amide bonds. The molecule has 0 spiro atoms. The second-order valence-corrected chi connectivity index (χ2v) is 3.11. The van der Waals surface area contributed by atoms with E-state index in [-0.39, 0.29) is 0 Å². The van der Waals surface area contributed by atoms with Gasteiger partial charge in [0, 0.05) is 11.7 Å². The molecule has 0 radical (unpaired) electrons. The molecule has 0 unspecified atom stereocenters. The lowest BCUT2D eigenvalue weighted by atomic mass is 10.3. The molecule has 2 heteroatoms. The zero-order valence-electron chi connectivity index (χ0n) is 7.76. The summed E-state index contributed by atoms with van der Waals surface area (Å²) in [6.07, 6.45) is 2.14. The Bertz CT molecular complexity index is 202. The summed E-state index contributed by atoms with van der Waals surface area (Å²) >= 11 is 0. The molecule has 0 aromatic heterocycles. The second-order valence-electron chi connectivity index (χ2n) is 3.11. The Hall–Kier alpha value is -0.790. The number of rotatable bonds is 1. The summed E-state index contributed by atoms with van der Waals surface area (Å²) in [5, 5.41) is 0. The van der Waals surface area contributed by atoms with Crippen LogP contribution in [0.5, 0.6) is 0 Å². The maximum atomic E-state index is 4.37. The lowest BCUT2D eigenvalue weighted by Crippen LogP contribution is -2.30. The first-order valence-corrected chi connectivity index (χ1v) is 4.12. The number of allylic oxidation sites excluding steroid dienone is 1. The van der Waals surface area contributed by atoms with Gasteiger partial charge in [-0.05, 0) is 27.7 Å². The standard InChI is InChI=1S/C9H16N2/c1-5-9-6-10-8(4)11(9)7(2)3/h5,7H,6H2,1-4H3/b9-5+. The first-order chi connectivity index (χ1) is 5.16. The fourth-order valence-corrected chi connectivity index (χ4v) is 1.49. The van der Waals surface area contributed by atoms with E-state index in [1.54, 1.807) is 0 Å². The molecule has 0 saturated carbocycles. The average Bonchev–Trinajstić information content (AvgIpc) is 2.30. The highest BCUT2D eigenvalue weighted by Gasteiger charge is 2.19. The average molecular weight is 152 g/mol. The number of hydrogen-bond donors (Lipinski definition) is 0. The van der Waals surface area contributed by atoms with Crippen LogP contribution in [0.2, 0.25) is 0 Å². The fraction of sp³-hybridized carbons (Fsp3) is 0.667. The van der Waals surface area contributed by atoms with Crippen molar-refractivity contribution in [3.05, 3.63) is 11.8 Å². The van der Waals surface area contributed by atoms with E-state index >= 15 is 0 Å². The molecule has 2 nitrogen and oxygen atoms in total. The van der Waals surface area contributed by atoms with Crippen molar-refractivity contribution >= 4 is 5.84 Å². The smallest absolute Gasteiger partial charge is 0.101 e. The highest BCUT2D eigenvalue weighted by atomic mass is 15.3. The van der Waals surface area contributed by atoms with Crippen molar-refractivity contribution in [2.24, 2.45) is 4.99 Å². The van der Waals surface area contributed by atoms with E-state index in [4.69, 9.17) is 0 Å². The minimum Gasteiger partial charge on any atom is -0.330 e. The molecule has 11 heavy (non-hydrogen) atoms. The molecule has 0 N–H and O–H groups in total. The van der Waals surface area contributed by atoms with Crippen LogP contribution < -0.4 is 0 Å². The Labute approximate surface area is 68.6 Å². The molecule has 1 aliphatic rings. The Morgan fingerprint density at radius 2 is 2.18 bits per heavy atom. The van der Waals surface area contributed by atoms with Crippen LogP contribution in [-0.4, -0.2) is 23.3 Å². The molecule has 0 aliphatic carbocycles. The molecule has 1 heterocycles. The van der Waals surface area contributed by atoms with Gasteiger partial charge in [0.1, 0.15) is 5.84 Å². The topological polar surface area (TPSA) is 15.6 Å². The van der Waals surface area contributed by atoms with Crippen molar-refractivity contribution in [1.82, 2.24) is 4.90 Å². The zero-order valence-corrected chi connectivity index (χ0v) is 7.76. The van der Waals surface area contributed by atoms with E-state index in [1.165, 1.54) is 5.70 Å². The molecule has 0 saturated heterocycles. The van der Waals surface area contributed by atoms with Crippen molar-refractivity contribution in [2.75, 3.05) is 6.54 Å². The summed E-state index contributed by atoms with van der Waals surface area (Å²) in [4.78, 5) is 6.64. The first-order valence-electron chi connectivity index (χ1n) is 4.12. The minimum atomic E-state index is 0.535. The van der Waals surface area contributed by atoms with Crippen LogP contribution in [0.15, 0.2) is 16.8 Å². The molecular formula is C9H16N2. The van der Waals surface area contributed by atoms with E-state index in [1.807, 2.05) is 0 Å². The van der Waals surface area contributed by atoms with Gasteiger partial charge in [0.2, 0.25) is 0 Å². The third-order valence-corrected chi connectivity index (χ3v) is 1.98. The van der Waals surface area contributed by atoms with E-state index in [9.17, 15) is 0 Å². The van der Waals surface area contributed by atoms with E-state index < -0.39 is 0 Å². The lowest BCUT2D eigenvalue weighted by molar-refractivity contribution is 0.436. The molecule has 0 aromatic rings. The van der Waals surface area contributed by atoms with Crippen LogP contribution in [0.25, 0.3) is 0 Å². The molecule has 0 bridgehead atoms. The summed E-state index contributed by atoms with van der Waals surface area (Å²) in [6, 6.07) is 0.535. The predicted octanol–water partition coefficient (Wildman–Crippen LogP) is 2.03. The minimum absolute atomic E-state index is 0.535. The van der Waals surface area contributed by atoms with Gasteiger partial charge in [-0.1, -0.05) is 6.08 Å². The Morgan fingerprint density at radius 3 is 2.55 bits per heavy atom. The predicted molar refractivity (Wildman–Crippen MR) is 48.7 cm³/mol. The zero-order chi connectivity index (χ0) is 8.43. The number of hydrogen-bond acceptors (Lipinski definition) is 2. The van der Waals surface area contributed by atoms with Gasteiger partial charge in [0.05, 0.1) is 6.54 Å². The molecule has 0 fully saturated rings. The van der Waals surface area contributed by atoms with Gasteiger partial charge in [-0.3, -0.25) is 4.99 Å². The maximum absolute atomic E-state index is 4.37. The maximum Gasteiger partial charge on any atom is 0.101 e. The molecule has 1 aliphatic heterocycles. The van der Waals surface area contributed by atoms with Crippen LogP contribution >= 0.6 is 0 Å². The number of amidine groups is 1. The molecule has 62 valence electrons. The number of nitrogens with zero attached hydrogens (tertiary/aromatic N) is 2. The summed E-state index contributed by atoms with van der Waals surface area (Å²) in [5.74, 6) is 1.15. The van der Waals surface area contributed by atoms with E-state index in [2.05, 4.69) is 43.7 Å². The largest absolute Gasteiger partial charge is 0.330 e. The molecule has 0 aromatic carbocycles. The Morgan fingerprint density at radius 1 is 1.55 bits per heavy atom. The summed E-state index contributed by atoms with van der Waals surface area (Å²) in [6.45, 7) is 9.37.